The Morgan fingerprint density at radius 1 is 1.26 bits per heavy atom. The molecule has 0 aliphatic rings. The highest BCUT2D eigenvalue weighted by atomic mass is 32.1. The number of benzene rings is 1. The summed E-state index contributed by atoms with van der Waals surface area (Å²) < 4.78 is 4.62. The Hall–Kier alpha value is -2.80. The van der Waals surface area contributed by atoms with Crippen LogP contribution in [0.25, 0.3) is 10.9 Å². The molecule has 23 heavy (non-hydrogen) atoms. The molecule has 0 fully saturated rings. The lowest BCUT2D eigenvalue weighted by atomic mass is 10.1. The van der Waals surface area contributed by atoms with Gasteiger partial charge in [-0.15, -0.1) is 0 Å². The fourth-order valence-corrected chi connectivity index (χ4v) is 2.92. The fraction of sp³-hybridized carbons (Fsp3) is 0.125. The van der Waals surface area contributed by atoms with E-state index in [0.717, 1.165) is 27.9 Å². The first-order valence-electron chi connectivity index (χ1n) is 6.80. The minimum Gasteiger partial charge on any atom is -0.465 e. The van der Waals surface area contributed by atoms with Crippen LogP contribution >= 0.6 is 11.3 Å². The summed E-state index contributed by atoms with van der Waals surface area (Å²) in [5, 5.41) is 3.82. The van der Waals surface area contributed by atoms with E-state index in [0.29, 0.717) is 15.6 Å². The minimum atomic E-state index is -0.479. The molecule has 0 saturated heterocycles. The second-order valence-corrected chi connectivity index (χ2v) is 5.83. The van der Waals surface area contributed by atoms with Gasteiger partial charge in [-0.25, -0.2) is 9.78 Å². The number of rotatable bonds is 3. The maximum Gasteiger partial charge on any atom is 0.349 e. The van der Waals surface area contributed by atoms with E-state index in [1.807, 2.05) is 31.2 Å². The van der Waals surface area contributed by atoms with E-state index in [-0.39, 0.29) is 5.91 Å². The molecule has 3 aromatic rings. The van der Waals surface area contributed by atoms with Gasteiger partial charge in [0.25, 0.3) is 5.91 Å². The maximum absolute atomic E-state index is 12.5. The predicted octanol–water partition coefficient (Wildman–Crippen LogP) is 3.04. The van der Waals surface area contributed by atoms with Crippen LogP contribution in [0, 0.1) is 6.92 Å². The standard InChI is InChI=1S/C16H13N3O3S/c1-9-7-11(10-5-3-4-6-12(10)18-9)14(20)19-16-17-8-13(23-16)15(21)22-2/h3-8H,1-2H3,(H,17,19,20). The smallest absolute Gasteiger partial charge is 0.349 e. The van der Waals surface area contributed by atoms with Crippen molar-refractivity contribution in [1.29, 1.82) is 0 Å². The van der Waals surface area contributed by atoms with Crippen LogP contribution in [0.4, 0.5) is 5.13 Å². The Morgan fingerprint density at radius 3 is 2.83 bits per heavy atom. The van der Waals surface area contributed by atoms with E-state index >= 15 is 0 Å². The minimum absolute atomic E-state index is 0.294. The summed E-state index contributed by atoms with van der Waals surface area (Å²) in [4.78, 5) is 32.7. The number of pyridine rings is 1. The van der Waals surface area contributed by atoms with Gasteiger partial charge in [0.1, 0.15) is 4.88 Å². The van der Waals surface area contributed by atoms with Gasteiger partial charge >= 0.3 is 5.97 Å². The molecule has 1 aromatic carbocycles. The molecule has 2 heterocycles. The molecule has 0 aliphatic carbocycles. The molecule has 0 radical (unpaired) electrons. The van der Waals surface area contributed by atoms with Crippen molar-refractivity contribution in [3.05, 3.63) is 52.7 Å². The molecule has 6 nitrogen and oxygen atoms in total. The van der Waals surface area contributed by atoms with E-state index in [2.05, 4.69) is 20.0 Å². The Kier molecular flexibility index (Phi) is 4.03. The molecule has 0 unspecified atom stereocenters. The van der Waals surface area contributed by atoms with E-state index in [9.17, 15) is 9.59 Å². The van der Waals surface area contributed by atoms with Gasteiger partial charge in [-0.05, 0) is 19.1 Å². The van der Waals surface area contributed by atoms with Gasteiger partial charge < -0.3 is 4.74 Å². The quantitative estimate of drug-likeness (QED) is 0.748. The number of anilines is 1. The van der Waals surface area contributed by atoms with Crippen LogP contribution in [0.1, 0.15) is 25.7 Å². The van der Waals surface area contributed by atoms with Crippen molar-refractivity contribution in [2.45, 2.75) is 6.92 Å². The first-order chi connectivity index (χ1) is 11.1. The maximum atomic E-state index is 12.5. The number of methoxy groups -OCH3 is 1. The summed E-state index contributed by atoms with van der Waals surface area (Å²) in [5.74, 6) is -0.773. The molecule has 0 saturated carbocycles. The highest BCUT2D eigenvalue weighted by Gasteiger charge is 2.15. The van der Waals surface area contributed by atoms with Crippen molar-refractivity contribution in [2.24, 2.45) is 0 Å². The van der Waals surface area contributed by atoms with Crippen LogP contribution in [0.15, 0.2) is 36.5 Å². The Morgan fingerprint density at radius 2 is 2.04 bits per heavy atom. The van der Waals surface area contributed by atoms with Gasteiger partial charge in [0.2, 0.25) is 0 Å². The molecular formula is C16H13N3O3S. The average molecular weight is 327 g/mol. The van der Waals surface area contributed by atoms with E-state index in [1.165, 1.54) is 13.3 Å². The van der Waals surface area contributed by atoms with Gasteiger partial charge in [0.05, 0.1) is 24.4 Å². The fourth-order valence-electron chi connectivity index (χ4n) is 2.19. The molecule has 1 amide bonds. The van der Waals surface area contributed by atoms with Crippen molar-refractivity contribution in [3.63, 3.8) is 0 Å². The molecule has 0 bridgehead atoms. The summed E-state index contributed by atoms with van der Waals surface area (Å²) in [7, 11) is 1.30. The van der Waals surface area contributed by atoms with Crippen molar-refractivity contribution < 1.29 is 14.3 Å². The molecule has 2 aromatic heterocycles. The van der Waals surface area contributed by atoms with Gasteiger partial charge in [0.15, 0.2) is 5.13 Å². The van der Waals surface area contributed by atoms with Crippen molar-refractivity contribution in [2.75, 3.05) is 12.4 Å². The Balaban J connectivity index is 1.92. The summed E-state index contributed by atoms with van der Waals surface area (Å²) >= 11 is 1.06. The summed E-state index contributed by atoms with van der Waals surface area (Å²) in [6.45, 7) is 1.84. The number of aromatic nitrogens is 2. The van der Waals surface area contributed by atoms with Crippen LogP contribution in [0.5, 0.6) is 0 Å². The number of thiazole rings is 1. The number of para-hydroxylation sites is 1. The van der Waals surface area contributed by atoms with Gasteiger partial charge in [-0.3, -0.25) is 15.1 Å². The Bertz CT molecular complexity index is 904. The third-order valence-corrected chi connectivity index (χ3v) is 4.09. The lowest BCUT2D eigenvalue weighted by Gasteiger charge is -2.07. The number of carbonyl (C=O) groups is 2. The van der Waals surface area contributed by atoms with E-state index in [4.69, 9.17) is 0 Å². The molecule has 3 rings (SSSR count). The number of carbonyl (C=O) groups excluding carboxylic acids is 2. The third-order valence-electron chi connectivity index (χ3n) is 3.20. The van der Waals surface area contributed by atoms with Crippen LogP contribution in [0.3, 0.4) is 0 Å². The monoisotopic (exact) mass is 327 g/mol. The number of amides is 1. The van der Waals surface area contributed by atoms with Crippen molar-refractivity contribution in [1.82, 2.24) is 9.97 Å². The largest absolute Gasteiger partial charge is 0.465 e. The van der Waals surface area contributed by atoms with Gasteiger partial charge in [-0.1, -0.05) is 29.5 Å². The van der Waals surface area contributed by atoms with Crippen LogP contribution in [0.2, 0.25) is 0 Å². The highest BCUT2D eigenvalue weighted by Crippen LogP contribution is 2.22. The molecule has 1 N–H and O–H groups in total. The predicted molar refractivity (Wildman–Crippen MR) is 87.9 cm³/mol. The van der Waals surface area contributed by atoms with E-state index < -0.39 is 5.97 Å². The normalized spacial score (nSPS) is 10.5. The Labute approximate surface area is 136 Å². The van der Waals surface area contributed by atoms with Crippen LogP contribution in [-0.4, -0.2) is 29.0 Å². The SMILES string of the molecule is COC(=O)c1cnc(NC(=O)c2cc(C)nc3ccccc23)s1. The van der Waals surface area contributed by atoms with Crippen molar-refractivity contribution >= 4 is 39.2 Å². The molecule has 7 heteroatoms. The number of nitrogens with zero attached hydrogens (tertiary/aromatic N) is 2. The van der Waals surface area contributed by atoms with Crippen LogP contribution < -0.4 is 5.32 Å². The molecule has 0 atom stereocenters. The van der Waals surface area contributed by atoms with Crippen LogP contribution in [-0.2, 0) is 4.74 Å². The van der Waals surface area contributed by atoms with E-state index in [1.54, 1.807) is 6.07 Å². The number of aryl methyl sites for hydroxylation is 1. The average Bonchev–Trinajstić information content (AvgIpc) is 3.01. The zero-order chi connectivity index (χ0) is 16.4. The number of nitrogens with one attached hydrogen (secondary N) is 1. The lowest BCUT2D eigenvalue weighted by molar-refractivity contribution is 0.0606. The lowest BCUT2D eigenvalue weighted by Crippen LogP contribution is -2.13. The first kappa shape index (κ1) is 15.1. The molecule has 0 aliphatic heterocycles. The number of ether oxygens (including phenoxy) is 1. The molecular weight excluding hydrogens is 314 g/mol. The van der Waals surface area contributed by atoms with Gasteiger partial charge in [0, 0.05) is 11.1 Å². The summed E-state index contributed by atoms with van der Waals surface area (Å²) in [6, 6.07) is 9.16. The summed E-state index contributed by atoms with van der Waals surface area (Å²) in [5.41, 5.74) is 2.03. The molecule has 116 valence electrons. The number of fused-ring (bicyclic) bond motifs is 1. The number of hydrogen-bond acceptors (Lipinski definition) is 6. The first-order valence-corrected chi connectivity index (χ1v) is 7.62. The van der Waals surface area contributed by atoms with Crippen molar-refractivity contribution in [3.8, 4) is 0 Å². The second kappa shape index (κ2) is 6.13. The van der Waals surface area contributed by atoms with Gasteiger partial charge in [-0.2, -0.15) is 0 Å². The summed E-state index contributed by atoms with van der Waals surface area (Å²) in [6.07, 6.45) is 1.38. The zero-order valence-electron chi connectivity index (χ0n) is 12.5. The number of hydrogen-bond donors (Lipinski definition) is 1. The second-order valence-electron chi connectivity index (χ2n) is 4.80. The number of esters is 1. The third kappa shape index (κ3) is 3.04. The highest BCUT2D eigenvalue weighted by molar-refractivity contribution is 7.17. The zero-order valence-corrected chi connectivity index (χ0v) is 13.3. The molecule has 0 spiro atoms. The topological polar surface area (TPSA) is 81.2 Å².